The van der Waals surface area contributed by atoms with E-state index in [1.54, 1.807) is 6.08 Å². The van der Waals surface area contributed by atoms with Gasteiger partial charge in [-0.1, -0.05) is 87.5 Å². The Morgan fingerprint density at radius 3 is 1.97 bits per heavy atom. The van der Waals surface area contributed by atoms with Crippen LogP contribution in [0.25, 0.3) is 0 Å². The summed E-state index contributed by atoms with van der Waals surface area (Å²) in [5.74, 6) is 0.117. The van der Waals surface area contributed by atoms with Crippen molar-refractivity contribution in [2.24, 2.45) is 5.92 Å². The minimum atomic E-state index is -2.48. The number of hydrogen-bond donors (Lipinski definition) is 0. The van der Waals surface area contributed by atoms with E-state index in [-0.39, 0.29) is 17.1 Å². The molecule has 0 N–H and O–H groups in total. The van der Waals surface area contributed by atoms with Crippen molar-refractivity contribution in [2.75, 3.05) is 6.61 Å². The fourth-order valence-electron chi connectivity index (χ4n) is 4.21. The van der Waals surface area contributed by atoms with Crippen LogP contribution in [0.1, 0.15) is 40.5 Å². The lowest BCUT2D eigenvalue weighted by molar-refractivity contribution is -0.137. The highest BCUT2D eigenvalue weighted by molar-refractivity contribution is 6.99. The van der Waals surface area contributed by atoms with Gasteiger partial charge >= 0.3 is 5.97 Å². The van der Waals surface area contributed by atoms with Gasteiger partial charge in [0, 0.05) is 12.2 Å². The molecule has 2 aromatic rings. The van der Waals surface area contributed by atoms with Gasteiger partial charge in [-0.25, -0.2) is 4.79 Å². The number of rotatable bonds is 7. The molecule has 0 radical (unpaired) electrons. The van der Waals surface area contributed by atoms with Crippen LogP contribution in [0.2, 0.25) is 5.04 Å². The zero-order valence-electron chi connectivity index (χ0n) is 17.9. The maximum absolute atomic E-state index is 11.6. The van der Waals surface area contributed by atoms with Gasteiger partial charge in [0.05, 0.1) is 6.61 Å². The van der Waals surface area contributed by atoms with E-state index in [1.165, 1.54) is 10.4 Å². The smallest absolute Gasteiger partial charge is 0.330 e. The van der Waals surface area contributed by atoms with Crippen LogP contribution >= 0.6 is 0 Å². The first-order valence-electron chi connectivity index (χ1n) is 10.5. The molecule has 29 heavy (non-hydrogen) atoms. The molecule has 0 saturated heterocycles. The number of esters is 1. The topological polar surface area (TPSA) is 35.5 Å². The molecule has 4 heteroatoms. The second kappa shape index (κ2) is 9.10. The summed E-state index contributed by atoms with van der Waals surface area (Å²) < 4.78 is 12.1. The van der Waals surface area contributed by atoms with Crippen LogP contribution in [0, 0.1) is 5.92 Å². The standard InChI is InChI=1S/C25H32O3Si/c1-5-27-24(26)17-16-20-18-21(19-20)28-29(25(2,3)4,22-12-8-6-9-13-22)23-14-10-7-11-15-23/h6-17,20-21H,5,18-19H2,1-4H3/b17-16+. The fraction of sp³-hybridized carbons (Fsp3) is 0.400. The van der Waals surface area contributed by atoms with Gasteiger partial charge in [0.25, 0.3) is 8.32 Å². The van der Waals surface area contributed by atoms with Gasteiger partial charge in [-0.3, -0.25) is 0 Å². The molecule has 0 bridgehead atoms. The van der Waals surface area contributed by atoms with Crippen LogP contribution in [-0.4, -0.2) is 27.0 Å². The summed E-state index contributed by atoms with van der Waals surface area (Å²) in [7, 11) is -2.48. The van der Waals surface area contributed by atoms with Crippen LogP contribution in [0.4, 0.5) is 0 Å². The molecule has 0 amide bonds. The van der Waals surface area contributed by atoms with Gasteiger partial charge in [0.1, 0.15) is 0 Å². The molecule has 3 nitrogen and oxygen atoms in total. The third-order valence-electron chi connectivity index (χ3n) is 5.68. The number of allylic oxidation sites excluding steroid dienone is 1. The molecule has 0 aromatic heterocycles. The number of hydrogen-bond acceptors (Lipinski definition) is 3. The molecule has 1 saturated carbocycles. The highest BCUT2D eigenvalue weighted by Crippen LogP contribution is 2.41. The lowest BCUT2D eigenvalue weighted by atomic mass is 9.82. The van der Waals surface area contributed by atoms with E-state index in [0.717, 1.165) is 12.8 Å². The van der Waals surface area contributed by atoms with Crippen LogP contribution in [-0.2, 0) is 14.0 Å². The highest BCUT2D eigenvalue weighted by atomic mass is 28.4. The van der Waals surface area contributed by atoms with E-state index < -0.39 is 8.32 Å². The second-order valence-electron chi connectivity index (χ2n) is 8.75. The van der Waals surface area contributed by atoms with E-state index in [1.807, 2.05) is 13.0 Å². The van der Waals surface area contributed by atoms with Gasteiger partial charge < -0.3 is 9.16 Å². The Morgan fingerprint density at radius 2 is 1.52 bits per heavy atom. The van der Waals surface area contributed by atoms with Crippen molar-refractivity contribution in [1.29, 1.82) is 0 Å². The number of ether oxygens (including phenoxy) is 1. The molecule has 0 unspecified atom stereocenters. The number of carbonyl (C=O) groups is 1. The number of carbonyl (C=O) groups excluding carboxylic acids is 1. The van der Waals surface area contributed by atoms with Gasteiger partial charge in [-0.2, -0.15) is 0 Å². The maximum Gasteiger partial charge on any atom is 0.330 e. The monoisotopic (exact) mass is 408 g/mol. The van der Waals surface area contributed by atoms with E-state index in [9.17, 15) is 4.79 Å². The van der Waals surface area contributed by atoms with Gasteiger partial charge in [-0.05, 0) is 41.1 Å². The molecule has 1 aliphatic carbocycles. The summed E-state index contributed by atoms with van der Waals surface area (Å²) in [5, 5.41) is 2.61. The first kappa shape index (κ1) is 21.5. The minimum Gasteiger partial charge on any atom is -0.463 e. The predicted molar refractivity (Wildman–Crippen MR) is 121 cm³/mol. The van der Waals surface area contributed by atoms with Crippen molar-refractivity contribution in [2.45, 2.75) is 51.7 Å². The lowest BCUT2D eigenvalue weighted by Crippen LogP contribution is -2.68. The van der Waals surface area contributed by atoms with E-state index in [0.29, 0.717) is 12.5 Å². The zero-order chi connectivity index (χ0) is 20.9. The summed E-state index contributed by atoms with van der Waals surface area (Å²) in [5.41, 5.74) is 0. The van der Waals surface area contributed by atoms with Crippen molar-refractivity contribution in [3.05, 3.63) is 72.8 Å². The first-order chi connectivity index (χ1) is 13.9. The third kappa shape index (κ3) is 4.70. The lowest BCUT2D eigenvalue weighted by Gasteiger charge is -2.48. The molecule has 154 valence electrons. The van der Waals surface area contributed by atoms with Crippen LogP contribution in [0.3, 0.4) is 0 Å². The normalized spacial score (nSPS) is 19.7. The second-order valence-corrected chi connectivity index (χ2v) is 13.0. The van der Waals surface area contributed by atoms with E-state index in [4.69, 9.17) is 9.16 Å². The molecule has 0 spiro atoms. The zero-order valence-corrected chi connectivity index (χ0v) is 18.9. The predicted octanol–water partition coefficient (Wildman–Crippen LogP) is 4.46. The Hall–Kier alpha value is -2.17. The quantitative estimate of drug-likeness (QED) is 0.385. The van der Waals surface area contributed by atoms with Crippen molar-refractivity contribution in [1.82, 2.24) is 0 Å². The summed E-state index contributed by atoms with van der Waals surface area (Å²) in [4.78, 5) is 11.6. The van der Waals surface area contributed by atoms with Crippen molar-refractivity contribution < 1.29 is 14.0 Å². The molecule has 2 aromatic carbocycles. The van der Waals surface area contributed by atoms with Crippen LogP contribution in [0.5, 0.6) is 0 Å². The molecule has 1 fully saturated rings. The summed E-state index contributed by atoms with van der Waals surface area (Å²) in [6, 6.07) is 21.5. The fourth-order valence-corrected chi connectivity index (χ4v) is 8.91. The molecule has 3 rings (SSSR count). The average molecular weight is 409 g/mol. The summed E-state index contributed by atoms with van der Waals surface area (Å²) in [6.07, 6.45) is 5.63. The van der Waals surface area contributed by atoms with Crippen molar-refractivity contribution in [3.8, 4) is 0 Å². The highest BCUT2D eigenvalue weighted by Gasteiger charge is 2.52. The summed E-state index contributed by atoms with van der Waals surface area (Å²) in [6.45, 7) is 9.14. The molecule has 0 heterocycles. The molecular weight excluding hydrogens is 376 g/mol. The van der Waals surface area contributed by atoms with Gasteiger partial charge in [0.2, 0.25) is 0 Å². The Labute approximate surface area is 175 Å². The Kier molecular flexibility index (Phi) is 6.76. The molecular formula is C25H32O3Si. The van der Waals surface area contributed by atoms with Gasteiger partial charge in [-0.15, -0.1) is 0 Å². The molecule has 0 atom stereocenters. The average Bonchev–Trinajstić information content (AvgIpc) is 2.67. The van der Waals surface area contributed by atoms with Crippen LogP contribution in [0.15, 0.2) is 72.8 Å². The maximum atomic E-state index is 11.6. The van der Waals surface area contributed by atoms with Gasteiger partial charge in [0.15, 0.2) is 0 Å². The Bertz CT molecular complexity index is 779. The largest absolute Gasteiger partial charge is 0.463 e. The van der Waals surface area contributed by atoms with Crippen molar-refractivity contribution >= 4 is 24.7 Å². The van der Waals surface area contributed by atoms with Crippen molar-refractivity contribution in [3.63, 3.8) is 0 Å². The van der Waals surface area contributed by atoms with E-state index >= 15 is 0 Å². The van der Waals surface area contributed by atoms with Crippen LogP contribution < -0.4 is 10.4 Å². The SMILES string of the molecule is CCOC(=O)/C=C/C1CC(O[Si](c2ccccc2)(c2ccccc2)C(C)(C)C)C1. The third-order valence-corrected chi connectivity index (χ3v) is 10.8. The first-order valence-corrected chi connectivity index (χ1v) is 12.4. The summed E-state index contributed by atoms with van der Waals surface area (Å²) >= 11 is 0. The Balaban J connectivity index is 1.85. The molecule has 0 aliphatic heterocycles. The Morgan fingerprint density at radius 1 is 1.00 bits per heavy atom. The minimum absolute atomic E-state index is 0.0123. The molecule has 1 aliphatic rings. The van der Waals surface area contributed by atoms with E-state index in [2.05, 4.69) is 81.4 Å². The number of benzene rings is 2.